The second kappa shape index (κ2) is 16.9. The predicted molar refractivity (Wildman–Crippen MR) is 214 cm³/mol. The van der Waals surface area contributed by atoms with E-state index in [1.54, 1.807) is 36.8 Å². The van der Waals surface area contributed by atoms with Crippen molar-refractivity contribution in [2.24, 2.45) is 0 Å². The lowest BCUT2D eigenvalue weighted by Crippen LogP contribution is -2.47. The maximum atomic E-state index is 14.4. The van der Waals surface area contributed by atoms with E-state index in [-0.39, 0.29) is 0 Å². The molecule has 1 saturated carbocycles. The van der Waals surface area contributed by atoms with Gasteiger partial charge in [0, 0.05) is 73.6 Å². The number of aromatic nitrogens is 3. The average molecular weight is 776 g/mol. The van der Waals surface area contributed by atoms with Crippen molar-refractivity contribution < 1.29 is 17.7 Å². The zero-order valence-corrected chi connectivity index (χ0v) is 32.5. The van der Waals surface area contributed by atoms with Crippen molar-refractivity contribution in [1.29, 1.82) is 0 Å². The number of nitrogens with one attached hydrogen (secondary N) is 2. The van der Waals surface area contributed by atoms with Crippen LogP contribution in [0.1, 0.15) is 42.2 Å². The summed E-state index contributed by atoms with van der Waals surface area (Å²) in [4.78, 5) is 20.0. The average Bonchev–Trinajstić information content (AvgIpc) is 3.86. The maximum Gasteiger partial charge on any atom is 0.227 e. The van der Waals surface area contributed by atoms with Crippen LogP contribution in [0, 0.1) is 18.6 Å². The largest absolute Gasteiger partial charge is 0.494 e. The molecule has 1 aliphatic carbocycles. The van der Waals surface area contributed by atoms with Crippen LogP contribution in [0.15, 0.2) is 71.8 Å². The summed E-state index contributed by atoms with van der Waals surface area (Å²) in [5, 5.41) is 4.46. The van der Waals surface area contributed by atoms with Crippen LogP contribution in [0.5, 0.6) is 5.75 Å². The first-order valence-corrected chi connectivity index (χ1v) is 21.2. The van der Waals surface area contributed by atoms with Gasteiger partial charge in [-0.25, -0.2) is 27.9 Å². The lowest BCUT2D eigenvalue weighted by molar-refractivity contribution is 0.273. The van der Waals surface area contributed by atoms with Gasteiger partial charge in [-0.2, -0.15) is 11.8 Å². The summed E-state index contributed by atoms with van der Waals surface area (Å²) < 4.78 is 50.5. The van der Waals surface area contributed by atoms with Gasteiger partial charge in [-0.3, -0.25) is 4.90 Å². The third-order valence-corrected chi connectivity index (χ3v) is 12.8. The second-order valence-corrected chi connectivity index (χ2v) is 16.4. The van der Waals surface area contributed by atoms with Crippen molar-refractivity contribution in [2.45, 2.75) is 43.4 Å². The highest BCUT2D eigenvalue weighted by Gasteiger charge is 2.26. The molecule has 3 heterocycles. The van der Waals surface area contributed by atoms with Crippen LogP contribution in [0.2, 0.25) is 0 Å². The number of thioether (sulfide) groups is 1. The molecule has 9 nitrogen and oxygen atoms in total. The number of hydrogen-bond acceptors (Lipinski definition) is 10. The van der Waals surface area contributed by atoms with E-state index >= 15 is 0 Å². The van der Waals surface area contributed by atoms with Crippen LogP contribution in [-0.2, 0) is 11.0 Å². The van der Waals surface area contributed by atoms with Crippen molar-refractivity contribution in [3.8, 4) is 27.6 Å². The van der Waals surface area contributed by atoms with Gasteiger partial charge in [0.25, 0.3) is 0 Å². The van der Waals surface area contributed by atoms with Gasteiger partial charge in [-0.05, 0) is 68.0 Å². The fraction of sp³-hybridized carbons (Fsp3) is 0.359. The molecule has 1 saturated heterocycles. The number of aryl methyl sites for hydroxylation is 1. The minimum absolute atomic E-state index is 0.369. The Morgan fingerprint density at radius 3 is 2.49 bits per heavy atom. The fourth-order valence-electron chi connectivity index (χ4n) is 6.98. The van der Waals surface area contributed by atoms with Crippen molar-refractivity contribution in [3.05, 3.63) is 89.1 Å². The van der Waals surface area contributed by atoms with E-state index in [9.17, 15) is 13.0 Å². The highest BCUT2D eigenvalue weighted by atomic mass is 32.2. The third kappa shape index (κ3) is 8.51. The quantitative estimate of drug-likeness (QED) is 0.122. The van der Waals surface area contributed by atoms with Crippen LogP contribution >= 0.6 is 23.1 Å². The van der Waals surface area contributed by atoms with Crippen molar-refractivity contribution in [2.75, 3.05) is 66.8 Å². The molecule has 2 fully saturated rings. The molecule has 0 spiro atoms. The van der Waals surface area contributed by atoms with Gasteiger partial charge >= 0.3 is 0 Å². The van der Waals surface area contributed by atoms with Crippen LogP contribution < -0.4 is 19.7 Å². The van der Waals surface area contributed by atoms with Gasteiger partial charge in [0.05, 0.1) is 34.1 Å². The van der Waals surface area contributed by atoms with E-state index in [0.717, 1.165) is 95.8 Å². The monoisotopic (exact) mass is 775 g/mol. The first-order chi connectivity index (χ1) is 25.8. The molecule has 0 amide bonds. The summed E-state index contributed by atoms with van der Waals surface area (Å²) >= 11 is 3.52. The number of halogens is 2. The van der Waals surface area contributed by atoms with Crippen molar-refractivity contribution in [1.82, 2.24) is 19.9 Å². The molecule has 3 aromatic carbocycles. The zero-order chi connectivity index (χ0) is 36.9. The second-order valence-electron chi connectivity index (χ2n) is 13.3. The van der Waals surface area contributed by atoms with Crippen molar-refractivity contribution >= 4 is 57.1 Å². The van der Waals surface area contributed by atoms with Gasteiger partial charge in [0.2, 0.25) is 5.95 Å². The van der Waals surface area contributed by atoms with Crippen LogP contribution in [-0.4, -0.2) is 75.9 Å². The first kappa shape index (κ1) is 37.2. The zero-order valence-electron chi connectivity index (χ0n) is 30.0. The van der Waals surface area contributed by atoms with Crippen LogP contribution in [0.3, 0.4) is 0 Å². The molecule has 7 rings (SSSR count). The minimum atomic E-state index is -2.16. The van der Waals surface area contributed by atoms with Gasteiger partial charge in [0.15, 0.2) is 11.0 Å². The smallest absolute Gasteiger partial charge is 0.227 e. The molecular weight excluding hydrogens is 733 g/mol. The first-order valence-electron chi connectivity index (χ1n) is 17.8. The molecule has 2 aromatic heterocycles. The van der Waals surface area contributed by atoms with Crippen LogP contribution in [0.4, 0.5) is 31.8 Å². The number of nitrogens with zero attached hydrogens (tertiary/aromatic N) is 5. The molecule has 14 heteroatoms. The van der Waals surface area contributed by atoms with Gasteiger partial charge < -0.3 is 19.7 Å². The molecule has 1 atom stereocenters. The number of anilines is 4. The molecule has 0 radical (unpaired) electrons. The summed E-state index contributed by atoms with van der Waals surface area (Å²) in [5.41, 5.74) is 5.74. The Morgan fingerprint density at radius 2 is 1.75 bits per heavy atom. The molecule has 53 heavy (non-hydrogen) atoms. The van der Waals surface area contributed by atoms with Crippen LogP contribution in [0.25, 0.3) is 21.8 Å². The number of rotatable bonds is 13. The van der Waals surface area contributed by atoms with E-state index in [1.165, 1.54) is 24.6 Å². The number of piperazine rings is 1. The Balaban J connectivity index is 1.16. The SMILES string of the molecule is COc1cc(N2CCN(CCSC)CC2)c(C)cc1Nc1nccc(-c2sc(C3CCCC3)nc2-c2cccc(NS(=O)c3c(F)cccc3F)c2)n1. The minimum Gasteiger partial charge on any atom is -0.494 e. The third-order valence-electron chi connectivity index (χ3n) is 9.78. The molecule has 0 bridgehead atoms. The van der Waals surface area contributed by atoms with E-state index < -0.39 is 27.5 Å². The summed E-state index contributed by atoms with van der Waals surface area (Å²) in [6.07, 6.45) is 8.39. The number of hydrogen-bond donors (Lipinski definition) is 2. The normalized spacial score (nSPS) is 15.8. The summed E-state index contributed by atoms with van der Waals surface area (Å²) in [6.45, 7) is 7.26. The van der Waals surface area contributed by atoms with E-state index in [0.29, 0.717) is 29.0 Å². The Kier molecular flexibility index (Phi) is 11.9. The lowest BCUT2D eigenvalue weighted by Gasteiger charge is -2.37. The highest BCUT2D eigenvalue weighted by Crippen LogP contribution is 2.44. The molecule has 2 N–H and O–H groups in total. The van der Waals surface area contributed by atoms with Gasteiger partial charge in [0.1, 0.15) is 22.3 Å². The van der Waals surface area contributed by atoms with Gasteiger partial charge in [-0.1, -0.05) is 31.0 Å². The van der Waals surface area contributed by atoms with E-state index in [1.807, 2.05) is 30.0 Å². The summed E-state index contributed by atoms with van der Waals surface area (Å²) in [5.74, 6) is 0.912. The summed E-state index contributed by atoms with van der Waals surface area (Å²) in [7, 11) is -0.478. The number of thiazole rings is 1. The Hall–Kier alpha value is -4.11. The van der Waals surface area contributed by atoms with Crippen molar-refractivity contribution in [3.63, 3.8) is 0 Å². The summed E-state index contributed by atoms with van der Waals surface area (Å²) in [6, 6.07) is 16.7. The van der Waals surface area contributed by atoms with Gasteiger partial charge in [-0.15, -0.1) is 11.3 Å². The molecule has 1 unspecified atom stereocenters. The Bertz CT molecular complexity index is 2060. The highest BCUT2D eigenvalue weighted by molar-refractivity contribution is 7.98. The molecule has 1 aliphatic heterocycles. The molecule has 5 aromatic rings. The number of ether oxygens (including phenoxy) is 1. The standard InChI is InChI=1S/C39H43F2N7O2S3/c1-25-22-32(34(50-2)24-33(25)48-18-16-47(17-19-48)20-21-51-3)44-39-42-15-14-31(43-39)36-35(45-38(52-36)26-8-4-5-9-26)27-10-6-11-28(23-27)46-53(49)37-29(40)12-7-13-30(37)41/h6-7,10-15,22-24,26,46H,4-5,8-9,16-21H2,1-3H3,(H,42,43,44). The maximum absolute atomic E-state index is 14.4. The number of benzene rings is 3. The van der Waals surface area contributed by atoms with E-state index in [2.05, 4.69) is 50.1 Å². The fourth-order valence-corrected chi connectivity index (χ4v) is 9.59. The number of methoxy groups -OCH3 is 1. The Labute approximate surface area is 320 Å². The molecular formula is C39H43F2N7O2S3. The molecule has 2 aliphatic rings. The predicted octanol–water partition coefficient (Wildman–Crippen LogP) is 8.88. The topological polar surface area (TPSA) is 95.5 Å². The Morgan fingerprint density at radius 1 is 1.00 bits per heavy atom. The molecule has 278 valence electrons. The van der Waals surface area contributed by atoms with E-state index in [4.69, 9.17) is 14.7 Å². The lowest BCUT2D eigenvalue weighted by atomic mass is 10.1.